The number of nitrogens with zero attached hydrogens (tertiary/aromatic N) is 3. The zero-order valence-electron chi connectivity index (χ0n) is 23.4. The van der Waals surface area contributed by atoms with E-state index in [9.17, 15) is 28.1 Å². The molecule has 0 aliphatic heterocycles. The molecule has 3 aromatic carbocycles. The first-order valence-electron chi connectivity index (χ1n) is 13.0. The fourth-order valence-electron chi connectivity index (χ4n) is 4.19. The minimum Gasteiger partial charge on any atom is -0.354 e. The standard InChI is InChI=1S/C29H32Cl2N4O6S/c1-20(2)17-32-29(37)27(14-21-8-5-4-6-9-21)33(18-22-12-13-23(30)15-26(22)31)28(36)19-34(42(3,40)41)24-10-7-11-25(16-24)35(38)39/h4-13,15-16,20,27H,14,17-19H2,1-3H3,(H,32,37)/t27-/m0/s1. The summed E-state index contributed by atoms with van der Waals surface area (Å²) < 4.78 is 26.5. The van der Waals surface area contributed by atoms with E-state index in [0.717, 1.165) is 22.2 Å². The van der Waals surface area contributed by atoms with Gasteiger partial charge in [0.05, 0.1) is 16.9 Å². The highest BCUT2D eigenvalue weighted by atomic mass is 35.5. The quantitative estimate of drug-likeness (QED) is 0.206. The first-order valence-corrected chi connectivity index (χ1v) is 15.6. The van der Waals surface area contributed by atoms with Crippen molar-refractivity contribution in [1.82, 2.24) is 10.2 Å². The van der Waals surface area contributed by atoms with Crippen LogP contribution >= 0.6 is 23.2 Å². The molecule has 0 heterocycles. The number of sulfonamides is 1. The van der Waals surface area contributed by atoms with E-state index in [1.165, 1.54) is 29.2 Å². The molecule has 42 heavy (non-hydrogen) atoms. The van der Waals surface area contributed by atoms with E-state index in [1.807, 2.05) is 44.2 Å². The number of hydrogen-bond acceptors (Lipinski definition) is 6. The van der Waals surface area contributed by atoms with Crippen molar-refractivity contribution < 1.29 is 22.9 Å². The first-order chi connectivity index (χ1) is 19.8. The third-order valence-corrected chi connectivity index (χ3v) is 8.05. The van der Waals surface area contributed by atoms with Crippen molar-refractivity contribution in [3.8, 4) is 0 Å². The van der Waals surface area contributed by atoms with Crippen LogP contribution in [0.5, 0.6) is 0 Å². The van der Waals surface area contributed by atoms with Crippen molar-refractivity contribution in [3.63, 3.8) is 0 Å². The molecule has 10 nitrogen and oxygen atoms in total. The predicted octanol–water partition coefficient (Wildman–Crippen LogP) is 5.08. The molecule has 0 radical (unpaired) electrons. The maximum Gasteiger partial charge on any atom is 0.271 e. The van der Waals surface area contributed by atoms with Gasteiger partial charge in [-0.3, -0.25) is 24.0 Å². The van der Waals surface area contributed by atoms with Crippen LogP contribution in [0.15, 0.2) is 72.8 Å². The number of carbonyl (C=O) groups excluding carboxylic acids is 2. The average Bonchev–Trinajstić information content (AvgIpc) is 2.93. The van der Waals surface area contributed by atoms with Crippen LogP contribution in [-0.4, -0.2) is 55.4 Å². The van der Waals surface area contributed by atoms with Gasteiger partial charge in [0, 0.05) is 41.7 Å². The van der Waals surface area contributed by atoms with Crippen LogP contribution < -0.4 is 9.62 Å². The summed E-state index contributed by atoms with van der Waals surface area (Å²) in [5, 5.41) is 14.9. The number of amides is 2. The summed E-state index contributed by atoms with van der Waals surface area (Å²) in [6.07, 6.45) is 1.04. The third-order valence-electron chi connectivity index (χ3n) is 6.32. The molecule has 0 aromatic heterocycles. The molecular formula is C29H32Cl2N4O6S. The Morgan fingerprint density at radius 3 is 2.29 bits per heavy atom. The molecule has 224 valence electrons. The van der Waals surface area contributed by atoms with Gasteiger partial charge in [-0.2, -0.15) is 0 Å². The van der Waals surface area contributed by atoms with Gasteiger partial charge in [-0.05, 0) is 35.2 Å². The average molecular weight is 636 g/mol. The van der Waals surface area contributed by atoms with Gasteiger partial charge in [0.1, 0.15) is 12.6 Å². The van der Waals surface area contributed by atoms with Crippen molar-refractivity contribution in [2.75, 3.05) is 23.7 Å². The van der Waals surface area contributed by atoms with Gasteiger partial charge in [0.25, 0.3) is 5.69 Å². The number of hydrogen-bond donors (Lipinski definition) is 1. The van der Waals surface area contributed by atoms with Crippen LogP contribution in [0.4, 0.5) is 11.4 Å². The van der Waals surface area contributed by atoms with Gasteiger partial charge >= 0.3 is 0 Å². The summed E-state index contributed by atoms with van der Waals surface area (Å²) in [7, 11) is -4.08. The summed E-state index contributed by atoms with van der Waals surface area (Å²) in [6, 6.07) is 17.8. The summed E-state index contributed by atoms with van der Waals surface area (Å²) in [4.78, 5) is 39.7. The molecular weight excluding hydrogens is 603 g/mol. The Labute approximate surface area is 255 Å². The smallest absolute Gasteiger partial charge is 0.271 e. The van der Waals surface area contributed by atoms with E-state index in [2.05, 4.69) is 5.32 Å². The van der Waals surface area contributed by atoms with E-state index >= 15 is 0 Å². The number of nitro benzene ring substituents is 1. The largest absolute Gasteiger partial charge is 0.354 e. The minimum atomic E-state index is -4.08. The van der Waals surface area contributed by atoms with Gasteiger partial charge in [-0.1, -0.05) is 79.5 Å². The zero-order valence-corrected chi connectivity index (χ0v) is 25.7. The second-order valence-electron chi connectivity index (χ2n) is 10.1. The van der Waals surface area contributed by atoms with Gasteiger partial charge in [-0.25, -0.2) is 8.42 Å². The van der Waals surface area contributed by atoms with Crippen LogP contribution in [0.2, 0.25) is 10.0 Å². The monoisotopic (exact) mass is 634 g/mol. The molecule has 1 N–H and O–H groups in total. The number of nitro groups is 1. The van der Waals surface area contributed by atoms with E-state index in [1.54, 1.807) is 12.1 Å². The topological polar surface area (TPSA) is 130 Å². The summed E-state index contributed by atoms with van der Waals surface area (Å²) >= 11 is 12.5. The molecule has 0 spiro atoms. The number of halogens is 2. The Morgan fingerprint density at radius 1 is 1.00 bits per heavy atom. The van der Waals surface area contributed by atoms with E-state index in [4.69, 9.17) is 23.2 Å². The maximum absolute atomic E-state index is 14.1. The Balaban J connectivity index is 2.09. The first kappa shape index (κ1) is 32.8. The van der Waals surface area contributed by atoms with Gasteiger partial charge in [0.15, 0.2) is 0 Å². The Hall–Kier alpha value is -3.67. The molecule has 0 unspecified atom stereocenters. The van der Waals surface area contributed by atoms with Crippen molar-refractivity contribution in [2.45, 2.75) is 32.9 Å². The van der Waals surface area contributed by atoms with Crippen LogP contribution in [0, 0.1) is 16.0 Å². The normalized spacial score (nSPS) is 12.0. The fourth-order valence-corrected chi connectivity index (χ4v) is 5.50. The van der Waals surface area contributed by atoms with Crippen LogP contribution in [0.3, 0.4) is 0 Å². The van der Waals surface area contributed by atoms with Crippen molar-refractivity contribution in [3.05, 3.63) is 104 Å². The van der Waals surface area contributed by atoms with Crippen molar-refractivity contribution >= 4 is 56.4 Å². The molecule has 0 aliphatic rings. The number of anilines is 1. The Morgan fingerprint density at radius 2 is 1.69 bits per heavy atom. The number of nitrogens with one attached hydrogen (secondary N) is 1. The summed E-state index contributed by atoms with van der Waals surface area (Å²) in [5.41, 5.74) is 0.869. The van der Waals surface area contributed by atoms with Crippen molar-refractivity contribution in [1.29, 1.82) is 0 Å². The third kappa shape index (κ3) is 9.17. The molecule has 13 heteroatoms. The second-order valence-corrected chi connectivity index (χ2v) is 12.9. The highest BCUT2D eigenvalue weighted by molar-refractivity contribution is 7.92. The fraction of sp³-hybridized carbons (Fsp3) is 0.310. The minimum absolute atomic E-state index is 0.0617. The van der Waals surface area contributed by atoms with Crippen LogP contribution in [0.1, 0.15) is 25.0 Å². The van der Waals surface area contributed by atoms with Gasteiger partial charge in [0.2, 0.25) is 21.8 Å². The molecule has 0 aliphatic carbocycles. The van der Waals surface area contributed by atoms with Crippen molar-refractivity contribution in [2.24, 2.45) is 5.92 Å². The number of non-ortho nitro benzene ring substituents is 1. The molecule has 3 aromatic rings. The number of benzene rings is 3. The number of carbonyl (C=O) groups is 2. The molecule has 1 atom stereocenters. The maximum atomic E-state index is 14.1. The molecule has 0 fully saturated rings. The van der Waals surface area contributed by atoms with E-state index in [0.29, 0.717) is 17.1 Å². The van der Waals surface area contributed by atoms with Gasteiger partial charge in [-0.15, -0.1) is 0 Å². The summed E-state index contributed by atoms with van der Waals surface area (Å²) in [6.45, 7) is 3.39. The van der Waals surface area contributed by atoms with Gasteiger partial charge < -0.3 is 10.2 Å². The zero-order chi connectivity index (χ0) is 31.0. The lowest BCUT2D eigenvalue weighted by molar-refractivity contribution is -0.384. The molecule has 0 saturated carbocycles. The number of rotatable bonds is 13. The second kappa shape index (κ2) is 14.5. The molecule has 0 bridgehead atoms. The molecule has 2 amide bonds. The highest BCUT2D eigenvalue weighted by Gasteiger charge is 2.33. The summed E-state index contributed by atoms with van der Waals surface area (Å²) in [5.74, 6) is -0.999. The SMILES string of the molecule is CC(C)CNC(=O)[C@H](Cc1ccccc1)N(Cc1ccc(Cl)cc1Cl)C(=O)CN(c1cccc([N+](=O)[O-])c1)S(C)(=O)=O. The molecule has 3 rings (SSSR count). The molecule has 0 saturated heterocycles. The lowest BCUT2D eigenvalue weighted by Gasteiger charge is -2.33. The Bertz CT molecular complexity index is 1540. The van der Waals surface area contributed by atoms with E-state index < -0.39 is 39.3 Å². The Kier molecular flexibility index (Phi) is 11.3. The van der Waals surface area contributed by atoms with Crippen LogP contribution in [0.25, 0.3) is 0 Å². The van der Waals surface area contributed by atoms with Crippen LogP contribution in [-0.2, 0) is 32.6 Å². The highest BCUT2D eigenvalue weighted by Crippen LogP contribution is 2.26. The lowest BCUT2D eigenvalue weighted by atomic mass is 10.0. The predicted molar refractivity (Wildman–Crippen MR) is 164 cm³/mol. The van der Waals surface area contributed by atoms with E-state index in [-0.39, 0.29) is 35.3 Å². The lowest BCUT2D eigenvalue weighted by Crippen LogP contribution is -2.53.